The standard InChI is InChI=1S/C33H38N6O5/c40-29-13-12-28(31(42)35-29)39-32(43)26-11-10-24(18-27(26)33(39)44)38-19-25(20-38)37-16-14-36(15-17-37)23-8-6-21(7-9-23)30(41)34-22-4-2-1-3-5-22/h6-11,18,22,25,28H,1-5,12-17,19-20H2,(H,34,41)(H,35,40,42). The maximum atomic E-state index is 13.2. The topological polar surface area (TPSA) is 122 Å². The van der Waals surface area contributed by atoms with Crippen molar-refractivity contribution in [2.75, 3.05) is 49.1 Å². The van der Waals surface area contributed by atoms with Crippen molar-refractivity contribution in [3.63, 3.8) is 0 Å². The van der Waals surface area contributed by atoms with Crippen molar-refractivity contribution in [1.29, 1.82) is 0 Å². The summed E-state index contributed by atoms with van der Waals surface area (Å²) in [6.07, 6.45) is 6.05. The van der Waals surface area contributed by atoms with Crippen molar-refractivity contribution in [2.45, 2.75) is 63.1 Å². The van der Waals surface area contributed by atoms with Crippen molar-refractivity contribution < 1.29 is 24.0 Å². The van der Waals surface area contributed by atoms with Crippen LogP contribution in [0.5, 0.6) is 0 Å². The fourth-order valence-electron chi connectivity index (χ4n) is 7.24. The molecule has 7 rings (SSSR count). The lowest BCUT2D eigenvalue weighted by molar-refractivity contribution is -0.136. The van der Waals surface area contributed by atoms with Crippen molar-refractivity contribution in [2.24, 2.45) is 0 Å². The average molecular weight is 599 g/mol. The number of carbonyl (C=O) groups excluding carboxylic acids is 5. The molecule has 0 radical (unpaired) electrons. The lowest BCUT2D eigenvalue weighted by Gasteiger charge is -2.49. The second-order valence-corrected chi connectivity index (χ2v) is 12.6. The van der Waals surface area contributed by atoms with Crippen LogP contribution < -0.4 is 20.4 Å². The van der Waals surface area contributed by atoms with Crippen LogP contribution >= 0.6 is 0 Å². The van der Waals surface area contributed by atoms with Gasteiger partial charge in [-0.15, -0.1) is 0 Å². The largest absolute Gasteiger partial charge is 0.369 e. The third kappa shape index (κ3) is 5.34. The Kier molecular flexibility index (Phi) is 7.57. The third-order valence-corrected chi connectivity index (χ3v) is 9.92. The van der Waals surface area contributed by atoms with E-state index in [0.717, 1.165) is 68.4 Å². The van der Waals surface area contributed by atoms with Crippen molar-refractivity contribution in [3.05, 3.63) is 59.2 Å². The Hall–Kier alpha value is -4.25. The highest BCUT2D eigenvalue weighted by molar-refractivity contribution is 6.23. The Bertz CT molecular complexity index is 1490. The summed E-state index contributed by atoms with van der Waals surface area (Å²) < 4.78 is 0. The van der Waals surface area contributed by atoms with E-state index >= 15 is 0 Å². The van der Waals surface area contributed by atoms with Gasteiger partial charge in [0.05, 0.1) is 11.1 Å². The van der Waals surface area contributed by atoms with E-state index in [1.165, 1.54) is 19.3 Å². The molecule has 5 aliphatic rings. The van der Waals surface area contributed by atoms with Gasteiger partial charge in [-0.3, -0.25) is 39.1 Å². The van der Waals surface area contributed by atoms with Gasteiger partial charge in [0.15, 0.2) is 0 Å². The second-order valence-electron chi connectivity index (χ2n) is 12.6. The molecule has 2 aromatic rings. The van der Waals surface area contributed by atoms with Gasteiger partial charge in [0, 0.05) is 74.7 Å². The van der Waals surface area contributed by atoms with Crippen molar-refractivity contribution in [1.82, 2.24) is 20.4 Å². The van der Waals surface area contributed by atoms with Gasteiger partial charge in [-0.1, -0.05) is 19.3 Å². The highest BCUT2D eigenvalue weighted by atomic mass is 16.2. The zero-order valence-corrected chi connectivity index (χ0v) is 24.8. The minimum atomic E-state index is -0.959. The van der Waals surface area contributed by atoms with Gasteiger partial charge in [0.2, 0.25) is 11.8 Å². The van der Waals surface area contributed by atoms with Gasteiger partial charge < -0.3 is 15.1 Å². The van der Waals surface area contributed by atoms with Crippen LogP contribution in [0.4, 0.5) is 11.4 Å². The fourth-order valence-corrected chi connectivity index (χ4v) is 7.24. The smallest absolute Gasteiger partial charge is 0.262 e. The molecule has 4 fully saturated rings. The van der Waals surface area contributed by atoms with E-state index in [9.17, 15) is 24.0 Å². The van der Waals surface area contributed by atoms with Crippen LogP contribution in [0.3, 0.4) is 0 Å². The minimum absolute atomic E-state index is 0.0220. The number of fused-ring (bicyclic) bond motifs is 1. The molecule has 1 saturated carbocycles. The van der Waals surface area contributed by atoms with Gasteiger partial charge in [0.25, 0.3) is 17.7 Å². The van der Waals surface area contributed by atoms with Gasteiger partial charge in [0.1, 0.15) is 6.04 Å². The van der Waals surface area contributed by atoms with E-state index in [2.05, 4.69) is 37.5 Å². The van der Waals surface area contributed by atoms with Crippen LogP contribution in [0.15, 0.2) is 42.5 Å². The van der Waals surface area contributed by atoms with E-state index in [0.29, 0.717) is 28.8 Å². The Labute approximate surface area is 256 Å². The van der Waals surface area contributed by atoms with E-state index in [1.54, 1.807) is 12.1 Å². The minimum Gasteiger partial charge on any atom is -0.369 e. The molecule has 4 aliphatic heterocycles. The summed E-state index contributed by atoms with van der Waals surface area (Å²) in [6.45, 7) is 5.39. The lowest BCUT2D eigenvalue weighted by atomic mass is 9.95. The normalized spacial score (nSPS) is 23.5. The number of piperazine rings is 1. The molecular weight excluding hydrogens is 560 g/mol. The van der Waals surface area contributed by atoms with Crippen molar-refractivity contribution >= 4 is 40.9 Å². The number of imide groups is 2. The Balaban J connectivity index is 0.905. The lowest BCUT2D eigenvalue weighted by Crippen LogP contribution is -2.63. The van der Waals surface area contributed by atoms with Crippen LogP contribution in [0.1, 0.15) is 76.0 Å². The van der Waals surface area contributed by atoms with E-state index < -0.39 is 23.8 Å². The molecule has 11 nitrogen and oxygen atoms in total. The predicted molar refractivity (Wildman–Crippen MR) is 164 cm³/mol. The Morgan fingerprint density at radius 1 is 0.750 bits per heavy atom. The summed E-state index contributed by atoms with van der Waals surface area (Å²) in [7, 11) is 0. The number of amides is 5. The number of nitrogens with one attached hydrogen (secondary N) is 2. The molecule has 0 aromatic heterocycles. The third-order valence-electron chi connectivity index (χ3n) is 9.92. The number of hydrogen-bond acceptors (Lipinski definition) is 8. The first-order chi connectivity index (χ1) is 21.4. The quantitative estimate of drug-likeness (QED) is 0.486. The molecule has 0 spiro atoms. The summed E-state index contributed by atoms with van der Waals surface area (Å²) >= 11 is 0. The van der Waals surface area contributed by atoms with Crippen LogP contribution in [-0.4, -0.2) is 96.7 Å². The Morgan fingerprint density at radius 2 is 1.43 bits per heavy atom. The highest BCUT2D eigenvalue weighted by Crippen LogP contribution is 2.33. The zero-order valence-electron chi connectivity index (χ0n) is 24.8. The molecule has 2 N–H and O–H groups in total. The van der Waals surface area contributed by atoms with E-state index in [4.69, 9.17) is 0 Å². The molecule has 2 aromatic carbocycles. The molecule has 1 aliphatic carbocycles. The first-order valence-corrected chi connectivity index (χ1v) is 15.9. The van der Waals surface area contributed by atoms with Gasteiger partial charge in [-0.2, -0.15) is 0 Å². The van der Waals surface area contributed by atoms with Crippen LogP contribution in [0.25, 0.3) is 0 Å². The Morgan fingerprint density at radius 3 is 2.14 bits per heavy atom. The molecule has 3 saturated heterocycles. The maximum absolute atomic E-state index is 13.2. The molecule has 4 heterocycles. The summed E-state index contributed by atoms with van der Waals surface area (Å²) in [6, 6.07) is 13.0. The van der Waals surface area contributed by atoms with Crippen LogP contribution in [0.2, 0.25) is 0 Å². The predicted octanol–water partition coefficient (Wildman–Crippen LogP) is 2.16. The van der Waals surface area contributed by atoms with Gasteiger partial charge >= 0.3 is 0 Å². The average Bonchev–Trinajstić information content (AvgIpc) is 3.26. The number of rotatable bonds is 6. The van der Waals surface area contributed by atoms with E-state index in [-0.39, 0.29) is 24.7 Å². The molecular formula is C33H38N6O5. The fraction of sp³-hybridized carbons (Fsp3) is 0.485. The number of hydrogen-bond donors (Lipinski definition) is 2. The SMILES string of the molecule is O=C1CCC(N2C(=O)c3ccc(N4CC(N5CCN(c6ccc(C(=O)NC7CCCCC7)cc6)CC5)C4)cc3C2=O)C(=O)N1. The molecule has 1 atom stereocenters. The first kappa shape index (κ1) is 28.5. The summed E-state index contributed by atoms with van der Waals surface area (Å²) in [4.78, 5) is 70.9. The highest BCUT2D eigenvalue weighted by Gasteiger charge is 2.45. The summed E-state index contributed by atoms with van der Waals surface area (Å²) in [5, 5.41) is 5.43. The summed E-state index contributed by atoms with van der Waals surface area (Å²) in [5.74, 6) is -1.93. The van der Waals surface area contributed by atoms with Crippen LogP contribution in [0, 0.1) is 0 Å². The number of nitrogens with zero attached hydrogens (tertiary/aromatic N) is 4. The molecule has 5 amide bonds. The van der Waals surface area contributed by atoms with Crippen molar-refractivity contribution in [3.8, 4) is 0 Å². The monoisotopic (exact) mass is 598 g/mol. The van der Waals surface area contributed by atoms with Gasteiger partial charge in [-0.05, 0) is 61.7 Å². The number of benzene rings is 2. The van der Waals surface area contributed by atoms with E-state index in [1.807, 2.05) is 18.2 Å². The zero-order chi connectivity index (χ0) is 30.4. The molecule has 11 heteroatoms. The van der Waals surface area contributed by atoms with Crippen LogP contribution in [-0.2, 0) is 9.59 Å². The molecule has 0 bridgehead atoms. The molecule has 44 heavy (non-hydrogen) atoms. The molecule has 230 valence electrons. The van der Waals surface area contributed by atoms with Gasteiger partial charge in [-0.25, -0.2) is 0 Å². The second kappa shape index (κ2) is 11.7. The number of carbonyl (C=O) groups is 5. The number of anilines is 2. The summed E-state index contributed by atoms with van der Waals surface area (Å²) in [5.41, 5.74) is 3.35. The first-order valence-electron chi connectivity index (χ1n) is 15.9. The maximum Gasteiger partial charge on any atom is 0.262 e. The number of piperidine rings is 1. The molecule has 1 unspecified atom stereocenters.